The maximum atomic E-state index is 11.4. The molecule has 1 fully saturated rings. The maximum absolute atomic E-state index is 11.4. The van der Waals surface area contributed by atoms with Gasteiger partial charge >= 0.3 is 12.2 Å². The minimum Gasteiger partial charge on any atom is -0.450 e. The van der Waals surface area contributed by atoms with Gasteiger partial charge in [0.15, 0.2) is 0 Å². The van der Waals surface area contributed by atoms with Crippen molar-refractivity contribution >= 4 is 12.2 Å². The number of alkyl carbamates (subject to hydrolysis) is 2. The van der Waals surface area contributed by atoms with Crippen molar-refractivity contribution in [1.29, 1.82) is 0 Å². The van der Waals surface area contributed by atoms with E-state index in [2.05, 4.69) is 10.6 Å². The Balaban J connectivity index is 2.56. The van der Waals surface area contributed by atoms with Gasteiger partial charge in [0.1, 0.15) is 5.66 Å². The lowest BCUT2D eigenvalue weighted by atomic mass is 10.1. The van der Waals surface area contributed by atoms with Crippen molar-refractivity contribution in [3.05, 3.63) is 0 Å². The monoisotopic (exact) mass is 244 g/mol. The van der Waals surface area contributed by atoms with Crippen molar-refractivity contribution in [2.45, 2.75) is 45.2 Å². The lowest BCUT2D eigenvalue weighted by molar-refractivity contribution is 0.115. The maximum Gasteiger partial charge on any atom is 0.408 e. The van der Waals surface area contributed by atoms with Gasteiger partial charge in [-0.2, -0.15) is 0 Å². The summed E-state index contributed by atoms with van der Waals surface area (Å²) in [5, 5.41) is 5.42. The Hall–Kier alpha value is -1.46. The molecule has 0 heterocycles. The fourth-order valence-electron chi connectivity index (χ4n) is 1.98. The average molecular weight is 244 g/mol. The van der Waals surface area contributed by atoms with E-state index in [0.29, 0.717) is 26.1 Å². The third kappa shape index (κ3) is 4.13. The molecule has 0 aromatic heterocycles. The summed E-state index contributed by atoms with van der Waals surface area (Å²) in [6.45, 7) is 4.09. The molecule has 1 rings (SSSR count). The first-order chi connectivity index (χ1) is 8.12. The summed E-state index contributed by atoms with van der Waals surface area (Å²) in [5.41, 5.74) is -0.710. The van der Waals surface area contributed by atoms with E-state index in [0.717, 1.165) is 12.8 Å². The summed E-state index contributed by atoms with van der Waals surface area (Å²) in [6.07, 6.45) is 2.30. The second-order valence-corrected chi connectivity index (χ2v) is 3.98. The molecule has 98 valence electrons. The van der Waals surface area contributed by atoms with E-state index in [9.17, 15) is 9.59 Å². The second kappa shape index (κ2) is 6.32. The van der Waals surface area contributed by atoms with Gasteiger partial charge in [-0.15, -0.1) is 0 Å². The van der Waals surface area contributed by atoms with E-state index >= 15 is 0 Å². The quantitative estimate of drug-likeness (QED) is 0.739. The average Bonchev–Trinajstić information content (AvgIpc) is 2.66. The van der Waals surface area contributed by atoms with Gasteiger partial charge in [-0.05, 0) is 39.5 Å². The van der Waals surface area contributed by atoms with Crippen LogP contribution in [0.5, 0.6) is 0 Å². The summed E-state index contributed by atoms with van der Waals surface area (Å²) in [4.78, 5) is 22.8. The lowest BCUT2D eigenvalue weighted by Crippen LogP contribution is -2.59. The molecule has 0 spiro atoms. The molecule has 0 radical (unpaired) electrons. The van der Waals surface area contributed by atoms with Gasteiger partial charge in [-0.3, -0.25) is 10.6 Å². The molecule has 17 heavy (non-hydrogen) atoms. The number of carbonyl (C=O) groups excluding carboxylic acids is 2. The summed E-state index contributed by atoms with van der Waals surface area (Å²) in [7, 11) is 0. The highest BCUT2D eigenvalue weighted by Gasteiger charge is 2.37. The Bertz CT molecular complexity index is 253. The number of hydrogen-bond donors (Lipinski definition) is 2. The molecule has 0 bridgehead atoms. The highest BCUT2D eigenvalue weighted by molar-refractivity contribution is 5.72. The molecule has 1 aliphatic carbocycles. The number of rotatable bonds is 4. The Morgan fingerprint density at radius 3 is 1.76 bits per heavy atom. The van der Waals surface area contributed by atoms with Gasteiger partial charge in [0.2, 0.25) is 0 Å². The minimum absolute atomic E-state index is 0.307. The van der Waals surface area contributed by atoms with Crippen LogP contribution in [0.4, 0.5) is 9.59 Å². The largest absolute Gasteiger partial charge is 0.450 e. The lowest BCUT2D eigenvalue weighted by Gasteiger charge is -2.30. The fraction of sp³-hybridized carbons (Fsp3) is 0.818. The zero-order valence-corrected chi connectivity index (χ0v) is 10.4. The predicted molar refractivity (Wildman–Crippen MR) is 61.5 cm³/mol. The van der Waals surface area contributed by atoms with Crippen LogP contribution < -0.4 is 10.6 Å². The van der Waals surface area contributed by atoms with Gasteiger partial charge in [0, 0.05) is 0 Å². The standard InChI is InChI=1S/C11H20N2O4/c1-3-16-9(14)12-11(7-5-6-8-11)13-10(15)17-4-2/h3-8H2,1-2H3,(H,12,14)(H,13,15). The normalized spacial score (nSPS) is 17.3. The molecule has 2 amide bonds. The van der Waals surface area contributed by atoms with E-state index in [1.165, 1.54) is 0 Å². The van der Waals surface area contributed by atoms with Crippen molar-refractivity contribution in [2.75, 3.05) is 13.2 Å². The van der Waals surface area contributed by atoms with Crippen LogP contribution in [0, 0.1) is 0 Å². The van der Waals surface area contributed by atoms with Crippen LogP contribution in [-0.4, -0.2) is 31.1 Å². The highest BCUT2D eigenvalue weighted by Crippen LogP contribution is 2.27. The van der Waals surface area contributed by atoms with Crippen molar-refractivity contribution in [3.8, 4) is 0 Å². The highest BCUT2D eigenvalue weighted by atomic mass is 16.6. The molecule has 1 saturated carbocycles. The van der Waals surface area contributed by atoms with Crippen LogP contribution in [0.15, 0.2) is 0 Å². The predicted octanol–water partition coefficient (Wildman–Crippen LogP) is 1.75. The van der Waals surface area contributed by atoms with Gasteiger partial charge in [0.05, 0.1) is 13.2 Å². The molecule has 0 aliphatic heterocycles. The van der Waals surface area contributed by atoms with Gasteiger partial charge in [-0.25, -0.2) is 9.59 Å². The topological polar surface area (TPSA) is 76.7 Å². The first kappa shape index (κ1) is 13.6. The smallest absolute Gasteiger partial charge is 0.408 e. The Kier molecular flexibility index (Phi) is 5.06. The molecular weight excluding hydrogens is 224 g/mol. The second-order valence-electron chi connectivity index (χ2n) is 3.98. The number of amides is 2. The number of carbonyl (C=O) groups is 2. The summed E-state index contributed by atoms with van der Waals surface area (Å²) in [5.74, 6) is 0. The van der Waals surface area contributed by atoms with E-state index in [1.54, 1.807) is 13.8 Å². The molecule has 0 atom stereocenters. The van der Waals surface area contributed by atoms with Crippen LogP contribution in [0.3, 0.4) is 0 Å². The van der Waals surface area contributed by atoms with E-state index in [1.807, 2.05) is 0 Å². The summed E-state index contributed by atoms with van der Waals surface area (Å²) in [6, 6.07) is 0. The first-order valence-electron chi connectivity index (χ1n) is 6.02. The van der Waals surface area contributed by atoms with Crippen LogP contribution in [0.2, 0.25) is 0 Å². The summed E-state index contributed by atoms with van der Waals surface area (Å²) >= 11 is 0. The third-order valence-corrected chi connectivity index (χ3v) is 2.69. The van der Waals surface area contributed by atoms with E-state index < -0.39 is 17.8 Å². The SMILES string of the molecule is CCOC(=O)NC1(NC(=O)OCC)CCCC1. The minimum atomic E-state index is -0.710. The fourth-order valence-corrected chi connectivity index (χ4v) is 1.98. The molecule has 0 unspecified atom stereocenters. The van der Waals surface area contributed by atoms with Crippen LogP contribution in [-0.2, 0) is 9.47 Å². The number of nitrogens with one attached hydrogen (secondary N) is 2. The molecule has 6 heteroatoms. The number of hydrogen-bond acceptors (Lipinski definition) is 4. The van der Waals surface area contributed by atoms with Crippen molar-refractivity contribution in [3.63, 3.8) is 0 Å². The molecule has 0 saturated heterocycles. The molecule has 0 aromatic rings. The van der Waals surface area contributed by atoms with Crippen molar-refractivity contribution in [2.24, 2.45) is 0 Å². The first-order valence-corrected chi connectivity index (χ1v) is 6.02. The Labute approximate surface area is 101 Å². The van der Waals surface area contributed by atoms with Gasteiger partial charge in [-0.1, -0.05) is 0 Å². The van der Waals surface area contributed by atoms with E-state index in [-0.39, 0.29) is 0 Å². The van der Waals surface area contributed by atoms with Gasteiger partial charge in [0.25, 0.3) is 0 Å². The zero-order chi connectivity index (χ0) is 12.7. The summed E-state index contributed by atoms with van der Waals surface area (Å²) < 4.78 is 9.66. The molecule has 1 aliphatic rings. The molecule has 6 nitrogen and oxygen atoms in total. The van der Waals surface area contributed by atoms with Crippen molar-refractivity contribution < 1.29 is 19.1 Å². The molecular formula is C11H20N2O4. The third-order valence-electron chi connectivity index (χ3n) is 2.69. The van der Waals surface area contributed by atoms with Gasteiger partial charge < -0.3 is 9.47 Å². The Morgan fingerprint density at radius 1 is 1.00 bits per heavy atom. The van der Waals surface area contributed by atoms with Crippen LogP contribution in [0.25, 0.3) is 0 Å². The van der Waals surface area contributed by atoms with E-state index in [4.69, 9.17) is 9.47 Å². The zero-order valence-electron chi connectivity index (χ0n) is 10.4. The van der Waals surface area contributed by atoms with Crippen LogP contribution >= 0.6 is 0 Å². The number of ether oxygens (including phenoxy) is 2. The van der Waals surface area contributed by atoms with Crippen LogP contribution in [0.1, 0.15) is 39.5 Å². The molecule has 2 N–H and O–H groups in total. The Morgan fingerprint density at radius 2 is 1.41 bits per heavy atom. The molecule has 0 aromatic carbocycles. The van der Waals surface area contributed by atoms with Crippen molar-refractivity contribution in [1.82, 2.24) is 10.6 Å².